The first-order chi connectivity index (χ1) is 52.2. The van der Waals surface area contributed by atoms with Crippen molar-refractivity contribution in [3.63, 3.8) is 0 Å². The molecule has 2 aromatic rings. The average molecular weight is 1530 g/mol. The molecule has 0 radical (unpaired) electrons. The Hall–Kier alpha value is -7.27. The van der Waals surface area contributed by atoms with Gasteiger partial charge in [0.15, 0.2) is 5.78 Å². The van der Waals surface area contributed by atoms with Gasteiger partial charge in [0.05, 0.1) is 77.3 Å². The second-order valence-electron chi connectivity index (χ2n) is 29.7. The van der Waals surface area contributed by atoms with Crippen molar-refractivity contribution in [2.75, 3.05) is 136 Å². The summed E-state index contributed by atoms with van der Waals surface area (Å²) >= 11 is 0. The Morgan fingerprint density at radius 1 is 0.725 bits per heavy atom. The molecule has 5 aliphatic rings. The van der Waals surface area contributed by atoms with Crippen molar-refractivity contribution in [2.24, 2.45) is 35.3 Å². The smallest absolute Gasteiger partial charge is 0.407 e. The molecule has 31 heteroatoms. The second kappa shape index (κ2) is 44.7. The number of nitrogen functional groups attached to an aromatic ring is 1. The normalized spacial score (nSPS) is 30.2. The summed E-state index contributed by atoms with van der Waals surface area (Å²) in [5, 5.41) is 37.7. The van der Waals surface area contributed by atoms with Crippen LogP contribution in [0.4, 0.5) is 22.5 Å². The van der Waals surface area contributed by atoms with Crippen molar-refractivity contribution in [3.05, 3.63) is 77.3 Å². The molecule has 0 spiro atoms. The number of nitrogens with zero attached hydrogens (tertiary/aromatic N) is 8. The monoisotopic (exact) mass is 1530 g/mol. The molecule has 3 amide bonds. The van der Waals surface area contributed by atoms with Crippen LogP contribution >= 0.6 is 0 Å². The topological polar surface area (TPSA) is 401 Å². The van der Waals surface area contributed by atoms with Crippen LogP contribution in [-0.2, 0) is 77.9 Å². The van der Waals surface area contributed by atoms with Crippen molar-refractivity contribution in [2.45, 2.75) is 205 Å². The lowest BCUT2D eigenvalue weighted by Gasteiger charge is -2.43. The van der Waals surface area contributed by atoms with Crippen LogP contribution < -0.4 is 26.6 Å². The number of ketones is 3. The van der Waals surface area contributed by atoms with Gasteiger partial charge in [0.2, 0.25) is 17.7 Å². The third kappa shape index (κ3) is 26.7. The van der Waals surface area contributed by atoms with Gasteiger partial charge in [-0.3, -0.25) is 24.0 Å². The Labute approximate surface area is 641 Å². The maximum atomic E-state index is 14.8. The van der Waals surface area contributed by atoms with E-state index in [-0.39, 0.29) is 73.9 Å². The van der Waals surface area contributed by atoms with E-state index in [4.69, 9.17) is 58.8 Å². The molecule has 31 nitrogen and oxygen atoms in total. The number of allylic oxidation sites excluding steroid dienone is 5. The van der Waals surface area contributed by atoms with E-state index in [0.29, 0.717) is 166 Å². The Bertz CT molecular complexity index is 3380. The Morgan fingerprint density at radius 3 is 2.01 bits per heavy atom. The van der Waals surface area contributed by atoms with Gasteiger partial charge in [0.25, 0.3) is 17.6 Å². The standard InChI is InChI=1S/C78H121N11O20/c1-49-17-13-12-14-18-50(2)63(100-9)43-58-22-20-54(6)78(99,109-58)70(94)73(96)89-25-16-15-19-61(89)74(97)107-65(44-64(101-10)51(3)40-53(5)68(92)69(93)67(91)52(4)39-49)60(79)41-56-21-23-62(66(42-56)102-11)108-77(98)84-47-57-45-81-75(82-46-57)87-26-28-88(29-27-87)76-83-48-59(71(80)85-76)72(95)86(8)30-32-104-34-36-106-38-37-105-35-33-103-31-24-55(7)90/h12-14,17-18,40,45-46,48-49,51-52,54,56,58,60-66,68-69,92-93,99H,15-16,19-39,41-44,47,79H2,1-11H3,(H,84,98)(H2,80,83,85)/b14-12+,17-13+,50-18+,53-40+/t49-,51-,52-,54-,56+,58+,60-,61+,62-,63+,64-,65+,66-,68-,69+,78-/m1/s1. The molecule has 2 aromatic heterocycles. The first kappa shape index (κ1) is 88.9. The second-order valence-corrected chi connectivity index (χ2v) is 29.7. The highest BCUT2D eigenvalue weighted by Gasteiger charge is 2.53. The van der Waals surface area contributed by atoms with Gasteiger partial charge in [-0.05, 0) is 108 Å². The highest BCUT2D eigenvalue weighted by atomic mass is 16.6. The zero-order valence-corrected chi connectivity index (χ0v) is 65.7. The number of aliphatic hydroxyl groups is 3. The molecular weight excluding hydrogens is 1410 g/mol. The van der Waals surface area contributed by atoms with E-state index in [1.807, 2.05) is 61.0 Å². The third-order valence-electron chi connectivity index (χ3n) is 21.3. The number of aliphatic hydroxyl groups excluding tert-OH is 2. The van der Waals surface area contributed by atoms with Crippen molar-refractivity contribution >= 4 is 58.9 Å². The number of fused-ring (bicyclic) bond motifs is 3. The molecule has 0 aromatic carbocycles. The van der Waals surface area contributed by atoms with Crippen LogP contribution in [0.25, 0.3) is 0 Å². The lowest BCUT2D eigenvalue weighted by Crippen LogP contribution is -2.61. The summed E-state index contributed by atoms with van der Waals surface area (Å²) in [4.78, 5) is 120. The van der Waals surface area contributed by atoms with Crippen molar-refractivity contribution in [1.82, 2.24) is 35.1 Å². The van der Waals surface area contributed by atoms with Crippen LogP contribution in [0.15, 0.2) is 66.2 Å². The Morgan fingerprint density at radius 2 is 1.37 bits per heavy atom. The number of likely N-dealkylation sites (N-methyl/N-ethyl adjacent to an activating group) is 1. The molecule has 8 N–H and O–H groups in total. The zero-order chi connectivity index (χ0) is 79.3. The first-order valence-corrected chi connectivity index (χ1v) is 38.5. The number of amides is 3. The van der Waals surface area contributed by atoms with Gasteiger partial charge in [-0.25, -0.2) is 24.5 Å². The van der Waals surface area contributed by atoms with Gasteiger partial charge in [-0.15, -0.1) is 0 Å². The molecule has 7 rings (SSSR count). The number of rotatable bonds is 27. The number of esters is 1. The number of alkyl carbamates (subject to hydrolysis) is 1. The van der Waals surface area contributed by atoms with Crippen LogP contribution in [0.5, 0.6) is 0 Å². The third-order valence-corrected chi connectivity index (χ3v) is 21.3. The van der Waals surface area contributed by atoms with Crippen LogP contribution in [0.1, 0.15) is 148 Å². The number of piperazine rings is 1. The average Bonchev–Trinajstić information content (AvgIpc) is 0.774. The van der Waals surface area contributed by atoms with Gasteiger partial charge in [-0.1, -0.05) is 64.2 Å². The molecule has 4 fully saturated rings. The number of anilines is 3. The summed E-state index contributed by atoms with van der Waals surface area (Å²) < 4.78 is 58.5. The fourth-order valence-electron chi connectivity index (χ4n) is 14.5. The number of hydrogen-bond donors (Lipinski definition) is 6. The van der Waals surface area contributed by atoms with Gasteiger partial charge in [-0.2, -0.15) is 4.98 Å². The number of Topliss-reactive ketones (excluding diaryl/α,β-unsaturated/α-hetero) is 3. The minimum atomic E-state index is -2.49. The van der Waals surface area contributed by atoms with E-state index in [9.17, 15) is 48.9 Å². The van der Waals surface area contributed by atoms with Crippen LogP contribution in [0, 0.1) is 29.6 Å². The van der Waals surface area contributed by atoms with Crippen LogP contribution in [0.3, 0.4) is 0 Å². The van der Waals surface area contributed by atoms with E-state index >= 15 is 0 Å². The van der Waals surface area contributed by atoms with Gasteiger partial charge in [0, 0.05) is 141 Å². The van der Waals surface area contributed by atoms with Crippen molar-refractivity contribution in [1.29, 1.82) is 0 Å². The maximum Gasteiger partial charge on any atom is 0.407 e. The quantitative estimate of drug-likeness (QED) is 0.0289. The largest absolute Gasteiger partial charge is 0.459 e. The molecule has 608 valence electrons. The number of carbonyl (C=O) groups is 7. The fraction of sp³-hybridized carbons (Fsp3) is 0.705. The summed E-state index contributed by atoms with van der Waals surface area (Å²) in [6.45, 7) is 17.8. The van der Waals surface area contributed by atoms with Gasteiger partial charge < -0.3 is 99.1 Å². The summed E-state index contributed by atoms with van der Waals surface area (Å²) in [6, 6.07) is -2.06. The minimum Gasteiger partial charge on any atom is -0.459 e. The van der Waals surface area contributed by atoms with Gasteiger partial charge in [0.1, 0.15) is 47.6 Å². The van der Waals surface area contributed by atoms with Crippen molar-refractivity contribution < 1.29 is 96.2 Å². The molecule has 1 aliphatic carbocycles. The molecular formula is C78H121N11O20. The van der Waals surface area contributed by atoms with E-state index in [0.717, 1.165) is 5.57 Å². The molecule has 0 unspecified atom stereocenters. The number of ether oxygens (including phenoxy) is 10. The number of nitrogens with two attached hydrogens (primary N) is 2. The number of methoxy groups -OCH3 is 3. The summed E-state index contributed by atoms with van der Waals surface area (Å²) in [5.74, 6) is -7.38. The predicted molar refractivity (Wildman–Crippen MR) is 404 cm³/mol. The lowest BCUT2D eigenvalue weighted by atomic mass is 9.80. The van der Waals surface area contributed by atoms with E-state index in [1.165, 1.54) is 37.1 Å². The molecule has 2 bridgehead atoms. The molecule has 1 saturated carbocycles. The maximum absolute atomic E-state index is 14.8. The molecule has 6 heterocycles. The fourth-order valence-corrected chi connectivity index (χ4v) is 14.5. The summed E-state index contributed by atoms with van der Waals surface area (Å²) in [5.41, 5.74) is 15.5. The molecule has 3 saturated heterocycles. The molecule has 4 aliphatic heterocycles. The first-order valence-electron chi connectivity index (χ1n) is 38.5. The molecule has 109 heavy (non-hydrogen) atoms. The van der Waals surface area contributed by atoms with Crippen LogP contribution in [0.2, 0.25) is 0 Å². The number of aromatic nitrogens is 4. The number of piperidine rings is 1. The number of nitrogens with one attached hydrogen (secondary N) is 1. The Balaban J connectivity index is 0.921. The lowest BCUT2D eigenvalue weighted by molar-refractivity contribution is -0.265. The van der Waals surface area contributed by atoms with Crippen molar-refractivity contribution in [3.8, 4) is 0 Å². The number of cyclic esters (lactones) is 1. The minimum absolute atomic E-state index is 0.0263. The van der Waals surface area contributed by atoms with Gasteiger partial charge >= 0.3 is 12.1 Å². The zero-order valence-electron chi connectivity index (χ0n) is 65.7. The highest BCUT2D eigenvalue weighted by Crippen LogP contribution is 2.38. The van der Waals surface area contributed by atoms with E-state index in [2.05, 4.69) is 25.3 Å². The van der Waals surface area contributed by atoms with E-state index < -0.39 is 114 Å². The molecule has 16 atom stereocenters. The number of carbonyl (C=O) groups excluding carboxylic acids is 7. The summed E-state index contributed by atoms with van der Waals surface area (Å²) in [6.07, 6.45) is 12.7. The number of hydrogen-bond acceptors (Lipinski definition) is 28. The summed E-state index contributed by atoms with van der Waals surface area (Å²) in [7, 11) is 6.24. The Kier molecular flexibility index (Phi) is 36.5. The van der Waals surface area contributed by atoms with E-state index in [1.54, 1.807) is 53.4 Å². The van der Waals surface area contributed by atoms with Crippen LogP contribution in [-0.4, -0.2) is 273 Å². The SMILES string of the molecule is CO[C@H]1C[C@@H]2CC[C@@H](C)[C@@](O)(O2)C(=O)C(=O)N2CCCC[C@H]2C(=O)O[C@H]([C@H](N)C[C@@H]2CC[C@@H](OC(=O)NCc3cnc(N4CCN(c5ncc(C(=O)N(C)CCOCCOCCOCCOCCC(C)=O)c(N)n5)CC4)nc3)[C@H](OC)C2)C[C@@H](OC)[C@H](C)/C=C(\C)[C@@H](O)[C@@H](O)C(=O)[C@H](C)C[C@H](C)/C=C/C=C/C=C/1C. The predicted octanol–water partition coefficient (Wildman–Crippen LogP) is 5.20. The highest BCUT2D eigenvalue weighted by molar-refractivity contribution is 6.39.